The molecule has 7 heteroatoms. The zero-order valence-electron chi connectivity index (χ0n) is 15.8. The molecule has 142 valence electrons. The van der Waals surface area contributed by atoms with Crippen LogP contribution in [0.5, 0.6) is 0 Å². The van der Waals surface area contributed by atoms with Crippen molar-refractivity contribution in [3.63, 3.8) is 0 Å². The number of nitrogens with zero attached hydrogens (tertiary/aromatic N) is 4. The summed E-state index contributed by atoms with van der Waals surface area (Å²) in [4.78, 5) is 27.9. The molecule has 0 bridgehead atoms. The van der Waals surface area contributed by atoms with Crippen molar-refractivity contribution in [3.05, 3.63) is 71.9 Å². The Kier molecular flexibility index (Phi) is 4.30. The van der Waals surface area contributed by atoms with E-state index in [1.165, 1.54) is 12.1 Å². The van der Waals surface area contributed by atoms with Gasteiger partial charge in [0.1, 0.15) is 11.6 Å². The van der Waals surface area contributed by atoms with E-state index in [1.807, 2.05) is 32.9 Å². The average Bonchev–Trinajstić information content (AvgIpc) is 2.88. The molecule has 28 heavy (non-hydrogen) atoms. The van der Waals surface area contributed by atoms with Gasteiger partial charge < -0.3 is 5.32 Å². The van der Waals surface area contributed by atoms with Crippen LogP contribution < -0.4 is 10.2 Å². The van der Waals surface area contributed by atoms with Gasteiger partial charge in [0.2, 0.25) is 11.9 Å². The Morgan fingerprint density at radius 2 is 1.89 bits per heavy atom. The first-order chi connectivity index (χ1) is 13.4. The second-order valence-electron chi connectivity index (χ2n) is 7.33. The number of carbonyl (C=O) groups excluding carboxylic acids is 1. The summed E-state index contributed by atoms with van der Waals surface area (Å²) < 4.78 is 13.3. The van der Waals surface area contributed by atoms with Crippen molar-refractivity contribution in [2.45, 2.75) is 32.2 Å². The van der Waals surface area contributed by atoms with Gasteiger partial charge in [-0.05, 0) is 50.6 Å². The van der Waals surface area contributed by atoms with E-state index in [1.54, 1.807) is 35.6 Å². The molecule has 0 fully saturated rings. The van der Waals surface area contributed by atoms with Crippen LogP contribution in [-0.2, 0) is 10.2 Å². The number of hydrogen-bond acceptors (Lipinski definition) is 5. The lowest BCUT2D eigenvalue weighted by Gasteiger charge is -2.26. The number of carbonyl (C=O) groups is 1. The molecule has 1 amide bonds. The van der Waals surface area contributed by atoms with Crippen LogP contribution in [0.2, 0.25) is 0 Å². The van der Waals surface area contributed by atoms with E-state index in [-0.39, 0.29) is 17.8 Å². The fourth-order valence-electron chi connectivity index (χ4n) is 3.39. The fraction of sp³-hybridized carbons (Fsp3) is 0.238. The van der Waals surface area contributed by atoms with Gasteiger partial charge in [-0.3, -0.25) is 14.7 Å². The summed E-state index contributed by atoms with van der Waals surface area (Å²) in [5.41, 5.74) is 1.61. The molecule has 0 spiro atoms. The van der Waals surface area contributed by atoms with Gasteiger partial charge in [-0.25, -0.2) is 9.37 Å². The van der Waals surface area contributed by atoms with E-state index in [0.29, 0.717) is 11.8 Å². The standard InChI is InChI=1S/C21H20FN5O/c1-13(14-6-8-15(22)9-7-14)27-18-17(21(2,3)19(27)28)12-24-20(26-18)25-16-5-4-10-23-11-16/h4-13H,1-3H3,(H,24,25,26)/t13-/m0/s1. The van der Waals surface area contributed by atoms with Crippen LogP contribution in [-0.4, -0.2) is 20.9 Å². The highest BCUT2D eigenvalue weighted by atomic mass is 19.1. The van der Waals surface area contributed by atoms with Crippen LogP contribution in [0.1, 0.15) is 37.9 Å². The smallest absolute Gasteiger partial charge is 0.239 e. The molecule has 0 saturated heterocycles. The minimum absolute atomic E-state index is 0.0628. The number of halogens is 1. The number of pyridine rings is 1. The van der Waals surface area contributed by atoms with Crippen molar-refractivity contribution < 1.29 is 9.18 Å². The number of fused-ring (bicyclic) bond motifs is 1. The molecule has 0 aliphatic carbocycles. The van der Waals surface area contributed by atoms with E-state index < -0.39 is 5.41 Å². The van der Waals surface area contributed by atoms with Crippen molar-refractivity contribution in [2.75, 3.05) is 10.2 Å². The van der Waals surface area contributed by atoms with E-state index in [4.69, 9.17) is 0 Å². The molecule has 6 nitrogen and oxygen atoms in total. The van der Waals surface area contributed by atoms with Gasteiger partial charge in [0, 0.05) is 18.0 Å². The van der Waals surface area contributed by atoms with Crippen molar-refractivity contribution in [1.29, 1.82) is 0 Å². The summed E-state index contributed by atoms with van der Waals surface area (Å²) in [5, 5.41) is 3.11. The summed E-state index contributed by atoms with van der Waals surface area (Å²) in [6, 6.07) is 9.54. The van der Waals surface area contributed by atoms with Gasteiger partial charge in [0.05, 0.1) is 23.3 Å². The Labute approximate surface area is 162 Å². The number of hydrogen-bond donors (Lipinski definition) is 1. The third kappa shape index (κ3) is 2.98. The van der Waals surface area contributed by atoms with Gasteiger partial charge in [0.15, 0.2) is 0 Å². The summed E-state index contributed by atoms with van der Waals surface area (Å²) in [7, 11) is 0. The molecule has 3 aromatic rings. The minimum atomic E-state index is -0.740. The molecule has 3 heterocycles. The Bertz CT molecular complexity index is 1020. The second kappa shape index (κ2) is 6.67. The maximum atomic E-state index is 13.3. The maximum Gasteiger partial charge on any atom is 0.239 e. The number of nitrogens with one attached hydrogen (secondary N) is 1. The first kappa shape index (κ1) is 18.0. The molecule has 1 aromatic carbocycles. The largest absolute Gasteiger partial charge is 0.323 e. The zero-order valence-corrected chi connectivity index (χ0v) is 15.8. The normalized spacial score (nSPS) is 16.0. The summed E-state index contributed by atoms with van der Waals surface area (Å²) in [6.07, 6.45) is 5.04. The van der Waals surface area contributed by atoms with Crippen molar-refractivity contribution in [3.8, 4) is 0 Å². The van der Waals surface area contributed by atoms with Gasteiger partial charge in [-0.1, -0.05) is 12.1 Å². The third-order valence-corrected chi connectivity index (χ3v) is 5.08. The molecular weight excluding hydrogens is 357 g/mol. The van der Waals surface area contributed by atoms with Crippen molar-refractivity contribution in [2.24, 2.45) is 0 Å². The SMILES string of the molecule is C[C@@H](c1ccc(F)cc1)N1C(=O)C(C)(C)c2cnc(Nc3cccnc3)nc21. The molecule has 2 aromatic heterocycles. The van der Waals surface area contributed by atoms with E-state index in [9.17, 15) is 9.18 Å². The maximum absolute atomic E-state index is 13.3. The van der Waals surface area contributed by atoms with Gasteiger partial charge >= 0.3 is 0 Å². The monoisotopic (exact) mass is 377 g/mol. The van der Waals surface area contributed by atoms with Crippen LogP contribution in [0.25, 0.3) is 0 Å². The summed E-state index contributed by atoms with van der Waals surface area (Å²) >= 11 is 0. The molecule has 1 atom stereocenters. The Hall–Kier alpha value is -3.35. The minimum Gasteiger partial charge on any atom is -0.323 e. The number of rotatable bonds is 4. The molecule has 0 unspecified atom stereocenters. The van der Waals surface area contributed by atoms with Crippen molar-refractivity contribution in [1.82, 2.24) is 15.0 Å². The molecule has 1 aliphatic rings. The molecule has 0 saturated carbocycles. The Morgan fingerprint density at radius 3 is 2.57 bits per heavy atom. The van der Waals surface area contributed by atoms with Crippen LogP contribution >= 0.6 is 0 Å². The van der Waals surface area contributed by atoms with Gasteiger partial charge in [0.25, 0.3) is 0 Å². The lowest BCUT2D eigenvalue weighted by atomic mass is 9.88. The molecule has 4 rings (SSSR count). The zero-order chi connectivity index (χ0) is 19.9. The third-order valence-electron chi connectivity index (χ3n) is 5.08. The summed E-state index contributed by atoms with van der Waals surface area (Å²) in [5.74, 6) is 0.573. The van der Waals surface area contributed by atoms with Crippen molar-refractivity contribution >= 4 is 23.4 Å². The predicted molar refractivity (Wildman–Crippen MR) is 105 cm³/mol. The Morgan fingerprint density at radius 1 is 1.14 bits per heavy atom. The first-order valence-electron chi connectivity index (χ1n) is 9.01. The van der Waals surface area contributed by atoms with E-state index in [2.05, 4.69) is 20.3 Å². The number of aromatic nitrogens is 3. The van der Waals surface area contributed by atoms with Crippen LogP contribution in [0, 0.1) is 5.82 Å². The number of benzene rings is 1. The lowest BCUT2D eigenvalue weighted by Crippen LogP contribution is -2.38. The first-order valence-corrected chi connectivity index (χ1v) is 9.01. The molecule has 1 N–H and O–H groups in total. The fourth-order valence-corrected chi connectivity index (χ4v) is 3.39. The predicted octanol–water partition coefficient (Wildman–Crippen LogP) is 4.14. The van der Waals surface area contributed by atoms with E-state index in [0.717, 1.165) is 16.8 Å². The van der Waals surface area contributed by atoms with Crippen LogP contribution in [0.3, 0.4) is 0 Å². The highest BCUT2D eigenvalue weighted by Gasteiger charge is 2.47. The quantitative estimate of drug-likeness (QED) is 0.740. The van der Waals surface area contributed by atoms with Crippen LogP contribution in [0.15, 0.2) is 55.0 Å². The Balaban J connectivity index is 1.74. The second-order valence-corrected chi connectivity index (χ2v) is 7.33. The number of anilines is 3. The molecule has 0 radical (unpaired) electrons. The molecule has 1 aliphatic heterocycles. The van der Waals surface area contributed by atoms with Gasteiger partial charge in [-0.15, -0.1) is 0 Å². The highest BCUT2D eigenvalue weighted by molar-refractivity contribution is 6.07. The van der Waals surface area contributed by atoms with E-state index >= 15 is 0 Å². The average molecular weight is 377 g/mol. The molecular formula is C21H20FN5O. The van der Waals surface area contributed by atoms with Gasteiger partial charge in [-0.2, -0.15) is 4.98 Å². The topological polar surface area (TPSA) is 71.0 Å². The highest BCUT2D eigenvalue weighted by Crippen LogP contribution is 2.44. The summed E-state index contributed by atoms with van der Waals surface area (Å²) in [6.45, 7) is 5.64. The number of amides is 1. The lowest BCUT2D eigenvalue weighted by molar-refractivity contribution is -0.122. The van der Waals surface area contributed by atoms with Crippen LogP contribution in [0.4, 0.5) is 21.8 Å².